The molecule has 0 radical (unpaired) electrons. The van der Waals surface area contributed by atoms with Gasteiger partial charge in [-0.3, -0.25) is 14.4 Å². The van der Waals surface area contributed by atoms with Gasteiger partial charge < -0.3 is 25.8 Å². The molecule has 1 aliphatic heterocycles. The van der Waals surface area contributed by atoms with Gasteiger partial charge >= 0.3 is 5.97 Å². The molecule has 3 fully saturated rings. The van der Waals surface area contributed by atoms with Crippen LogP contribution in [0.15, 0.2) is 35.2 Å². The van der Waals surface area contributed by atoms with Gasteiger partial charge in [0.2, 0.25) is 5.91 Å². The Kier molecular flexibility index (Phi) is 7.08. The summed E-state index contributed by atoms with van der Waals surface area (Å²) >= 11 is 6.39. The molecule has 0 unspecified atom stereocenters. The van der Waals surface area contributed by atoms with Crippen molar-refractivity contribution in [3.05, 3.63) is 52.3 Å². The van der Waals surface area contributed by atoms with E-state index in [-0.39, 0.29) is 17.3 Å². The van der Waals surface area contributed by atoms with Crippen LogP contribution in [-0.2, 0) is 26.0 Å². The fourth-order valence-corrected chi connectivity index (χ4v) is 7.81. The largest absolute Gasteiger partial charge is 0.497 e. The number of halogens is 2. The molecule has 13 heteroatoms. The molecule has 4 N–H and O–H groups in total. The van der Waals surface area contributed by atoms with E-state index in [1.807, 2.05) is 0 Å². The van der Waals surface area contributed by atoms with Gasteiger partial charge in [0, 0.05) is 10.6 Å². The van der Waals surface area contributed by atoms with Gasteiger partial charge in [-0.25, -0.2) is 12.8 Å². The van der Waals surface area contributed by atoms with E-state index < -0.39 is 66.6 Å². The Balaban J connectivity index is 1.52. The van der Waals surface area contributed by atoms with Crippen LogP contribution in [0.4, 0.5) is 10.1 Å². The summed E-state index contributed by atoms with van der Waals surface area (Å²) in [5.41, 5.74) is 4.32. The predicted molar refractivity (Wildman–Crippen MR) is 144 cm³/mol. The summed E-state index contributed by atoms with van der Waals surface area (Å²) in [6.45, 7) is -0.189. The summed E-state index contributed by atoms with van der Waals surface area (Å²) in [7, 11) is -2.73. The van der Waals surface area contributed by atoms with Crippen LogP contribution in [0.2, 0.25) is 5.02 Å². The van der Waals surface area contributed by atoms with Crippen LogP contribution in [0, 0.1) is 11.2 Å². The minimum absolute atomic E-state index is 0.175. The molecule has 0 aromatic heterocycles. The highest BCUT2D eigenvalue weighted by atomic mass is 35.5. The molecule has 40 heavy (non-hydrogen) atoms. The number of sulfone groups is 1. The number of nitrogens with one attached hydrogen (secondary N) is 1. The zero-order valence-electron chi connectivity index (χ0n) is 21.7. The molecule has 1 atom stereocenters. The summed E-state index contributed by atoms with van der Waals surface area (Å²) < 4.78 is 46.8. The van der Waals surface area contributed by atoms with Gasteiger partial charge in [0.05, 0.1) is 47.0 Å². The normalized spacial score (nSPS) is 27.1. The van der Waals surface area contributed by atoms with Crippen molar-refractivity contribution in [2.45, 2.75) is 61.5 Å². The molecule has 2 bridgehead atoms. The van der Waals surface area contributed by atoms with Crippen molar-refractivity contribution in [2.75, 3.05) is 17.8 Å². The Labute approximate surface area is 235 Å². The quantitative estimate of drug-likeness (QED) is 0.461. The van der Waals surface area contributed by atoms with Gasteiger partial charge in [-0.1, -0.05) is 17.7 Å². The maximum absolute atomic E-state index is 15.4. The number of methoxy groups -OCH3 is 1. The second-order valence-electron chi connectivity index (χ2n) is 10.9. The third-order valence-corrected chi connectivity index (χ3v) is 10.7. The van der Waals surface area contributed by atoms with Crippen LogP contribution in [0.25, 0.3) is 0 Å². The number of benzene rings is 2. The number of hydrogen-bond donors (Lipinski definition) is 3. The lowest BCUT2D eigenvalue weighted by Crippen LogP contribution is -2.58. The van der Waals surface area contributed by atoms with Crippen molar-refractivity contribution in [3.63, 3.8) is 0 Å². The predicted octanol–water partition coefficient (Wildman–Crippen LogP) is 3.04. The molecule has 6 rings (SSSR count). The highest BCUT2D eigenvalue weighted by molar-refractivity contribution is 7.91. The Hall–Kier alpha value is -3.22. The van der Waals surface area contributed by atoms with Crippen molar-refractivity contribution in [1.29, 1.82) is 0 Å². The van der Waals surface area contributed by atoms with E-state index in [4.69, 9.17) is 22.1 Å². The van der Waals surface area contributed by atoms with Gasteiger partial charge in [-0.2, -0.15) is 0 Å². The summed E-state index contributed by atoms with van der Waals surface area (Å²) in [5, 5.41) is 12.8. The number of carbonyl (C=O) groups is 3. The molecule has 2 aromatic carbocycles. The maximum Gasteiger partial charge on any atom is 0.309 e. The molecule has 2 amide bonds. The number of carboxylic acid groups (broad SMARTS) is 1. The Morgan fingerprint density at radius 1 is 1.18 bits per heavy atom. The monoisotopic (exact) mass is 593 g/mol. The van der Waals surface area contributed by atoms with Crippen LogP contribution in [0.3, 0.4) is 0 Å². The van der Waals surface area contributed by atoms with E-state index in [1.165, 1.54) is 13.2 Å². The van der Waals surface area contributed by atoms with E-state index in [0.29, 0.717) is 49.8 Å². The van der Waals surface area contributed by atoms with E-state index >= 15 is 4.39 Å². The van der Waals surface area contributed by atoms with Gasteiger partial charge in [-0.05, 0) is 68.4 Å². The number of hydrogen-bond acceptors (Lipinski definition) is 7. The van der Waals surface area contributed by atoms with E-state index in [0.717, 1.165) is 17.0 Å². The van der Waals surface area contributed by atoms with Crippen LogP contribution in [0.5, 0.6) is 5.75 Å². The molecule has 3 aliphatic carbocycles. The fourth-order valence-electron chi connectivity index (χ4n) is 6.01. The Morgan fingerprint density at radius 2 is 1.82 bits per heavy atom. The van der Waals surface area contributed by atoms with E-state index in [9.17, 15) is 27.9 Å². The first-order chi connectivity index (χ1) is 18.8. The third-order valence-electron chi connectivity index (χ3n) is 8.57. The first-order valence-corrected chi connectivity index (χ1v) is 14.8. The van der Waals surface area contributed by atoms with Crippen LogP contribution in [0.1, 0.15) is 54.4 Å². The molecule has 4 aliphatic rings. The highest BCUT2D eigenvalue weighted by Gasteiger charge is 2.53. The Morgan fingerprint density at radius 3 is 2.40 bits per heavy atom. The van der Waals surface area contributed by atoms with Gasteiger partial charge in [0.25, 0.3) is 5.91 Å². The minimum Gasteiger partial charge on any atom is -0.497 e. The van der Waals surface area contributed by atoms with Crippen molar-refractivity contribution in [2.24, 2.45) is 11.1 Å². The minimum atomic E-state index is -4.19. The van der Waals surface area contributed by atoms with Crippen molar-refractivity contribution >= 4 is 44.9 Å². The lowest BCUT2D eigenvalue weighted by molar-refractivity contribution is -0.156. The molecule has 214 valence electrons. The lowest BCUT2D eigenvalue weighted by Gasteiger charge is -2.51. The SMILES string of the molecule is COc1ccc(CN2C(=O)[C@@H](N)CS(=O)(=O)c3cc(F)c(C(=O)NC45CCC(C(=O)O)(CC4)CC5)cc32)c(Cl)c1. The summed E-state index contributed by atoms with van der Waals surface area (Å²) in [6.07, 6.45) is 2.49. The number of nitrogens with two attached hydrogens (primary N) is 1. The van der Waals surface area contributed by atoms with E-state index in [1.54, 1.807) is 12.1 Å². The topological polar surface area (TPSA) is 156 Å². The van der Waals surface area contributed by atoms with Crippen LogP contribution in [-0.4, -0.2) is 55.8 Å². The van der Waals surface area contributed by atoms with Crippen molar-refractivity contribution in [1.82, 2.24) is 5.32 Å². The summed E-state index contributed by atoms with van der Waals surface area (Å²) in [5.74, 6) is -3.66. The van der Waals surface area contributed by atoms with Crippen LogP contribution >= 0.6 is 11.6 Å². The zero-order valence-corrected chi connectivity index (χ0v) is 23.3. The van der Waals surface area contributed by atoms with Gasteiger partial charge in [-0.15, -0.1) is 0 Å². The van der Waals surface area contributed by atoms with Crippen LogP contribution < -0.4 is 20.7 Å². The number of carbonyl (C=O) groups excluding carboxylic acids is 2. The Bertz CT molecular complexity index is 1510. The first kappa shape index (κ1) is 28.3. The average molecular weight is 594 g/mol. The molecule has 10 nitrogen and oxygen atoms in total. The molecule has 2 aromatic rings. The second-order valence-corrected chi connectivity index (χ2v) is 13.3. The van der Waals surface area contributed by atoms with Gasteiger partial charge in [0.15, 0.2) is 9.84 Å². The van der Waals surface area contributed by atoms with Crippen molar-refractivity contribution < 1.29 is 37.0 Å². The second kappa shape index (κ2) is 10.0. The number of nitrogens with zero attached hydrogens (tertiary/aromatic N) is 1. The van der Waals surface area contributed by atoms with Gasteiger partial charge in [0.1, 0.15) is 11.6 Å². The summed E-state index contributed by atoms with van der Waals surface area (Å²) in [6, 6.07) is 5.16. The zero-order chi connectivity index (χ0) is 29.0. The third kappa shape index (κ3) is 4.82. The number of amides is 2. The maximum atomic E-state index is 15.4. The number of carboxylic acids is 1. The number of rotatable bonds is 6. The summed E-state index contributed by atoms with van der Waals surface area (Å²) in [4.78, 5) is 39.2. The smallest absolute Gasteiger partial charge is 0.309 e. The van der Waals surface area contributed by atoms with E-state index in [2.05, 4.69) is 5.32 Å². The highest BCUT2D eigenvalue weighted by Crippen LogP contribution is 2.52. The fraction of sp³-hybridized carbons (Fsp3) is 0.444. The number of ether oxygens (including phenoxy) is 1. The number of aliphatic carboxylic acids is 1. The molecule has 3 saturated carbocycles. The average Bonchev–Trinajstić information content (AvgIpc) is 2.98. The number of anilines is 1. The number of fused-ring (bicyclic) bond motifs is 4. The standard InChI is InChI=1S/C27H29ClFN3O7S/c1-39-16-3-2-15(18(28)10-16)13-32-21-11-17(19(29)12-22(21)40(37,38)14-20(30)24(32)34)23(33)31-27-7-4-26(5-8-27,6-9-27)25(35)36/h2-3,10-12,20H,4-9,13-14,30H2,1H3,(H,31,33)(H,35,36)/t20-,26?,27?/m0/s1. The molecule has 0 saturated heterocycles. The first-order valence-electron chi connectivity index (χ1n) is 12.8. The molecular formula is C27H29ClFN3O7S. The lowest BCUT2D eigenvalue weighted by atomic mass is 9.57. The van der Waals surface area contributed by atoms with Crippen molar-refractivity contribution in [3.8, 4) is 5.75 Å². The molecule has 1 heterocycles. The molecule has 0 spiro atoms. The molecular weight excluding hydrogens is 565 g/mol.